The Bertz CT molecular complexity index is 2050. The number of nitrogens with zero attached hydrogens (tertiary/aromatic N) is 6. The van der Waals surface area contributed by atoms with E-state index in [0.29, 0.717) is 35.8 Å². The normalized spacial score (nSPS) is 21.0. The molecule has 7 rings (SSSR count). The molecular formula is C32H33F3N7O4S-. The molecule has 2 aliphatic heterocycles. The van der Waals surface area contributed by atoms with Gasteiger partial charge >= 0.3 is 6.18 Å². The van der Waals surface area contributed by atoms with Crippen molar-refractivity contribution in [3.8, 4) is 17.1 Å². The zero-order chi connectivity index (χ0) is 33.0. The number of amides is 1. The number of piperazine rings is 1. The van der Waals surface area contributed by atoms with Crippen LogP contribution in [0, 0.1) is 0 Å². The van der Waals surface area contributed by atoms with Crippen LogP contribution in [0.5, 0.6) is 5.88 Å². The molecule has 0 radical (unpaired) electrons. The summed E-state index contributed by atoms with van der Waals surface area (Å²) in [6, 6.07) is 14.6. The quantitative estimate of drug-likeness (QED) is 0.271. The molecule has 0 saturated carbocycles. The number of sulfonamides is 2. The van der Waals surface area contributed by atoms with E-state index in [4.69, 9.17) is 4.74 Å². The van der Waals surface area contributed by atoms with Crippen molar-refractivity contribution in [3.63, 3.8) is 0 Å². The number of alkyl halides is 3. The standard InChI is InChI=1S/C32H34F3N7O4S/c1-46-30-22(17-21-9-3-4-10-23(21)38-30)25-18-36-29(37-25)27-19-40(47(44,45)15-7-2-8-16-47)13-14-41(27)28(43)20-42-26-12-6-5-11-24(26)39-31(42)32(33,34)35/h3-6,9-12,17-18,27H,2,7-8,13-16,19-20H2,1H3,(H,36,37)(H,44,45)/p-1/t27-/m0/s1. The molecule has 2 saturated heterocycles. The second-order valence-electron chi connectivity index (χ2n) is 12.0. The van der Waals surface area contributed by atoms with Crippen molar-refractivity contribution in [2.75, 3.05) is 38.2 Å². The number of aromatic amines is 1. The van der Waals surface area contributed by atoms with Crippen LogP contribution >= 0.6 is 0 Å². The summed E-state index contributed by atoms with van der Waals surface area (Å²) in [5.41, 5.74) is 2.15. The summed E-state index contributed by atoms with van der Waals surface area (Å²) in [4.78, 5) is 31.6. The van der Waals surface area contributed by atoms with E-state index in [-0.39, 0.29) is 42.2 Å². The van der Waals surface area contributed by atoms with Gasteiger partial charge in [-0.3, -0.25) is 14.3 Å². The van der Waals surface area contributed by atoms with Gasteiger partial charge < -0.3 is 23.7 Å². The van der Waals surface area contributed by atoms with Crippen LogP contribution in [0.1, 0.15) is 37.0 Å². The van der Waals surface area contributed by atoms with Gasteiger partial charge in [0.25, 0.3) is 0 Å². The highest BCUT2D eigenvalue weighted by atomic mass is 32.3. The predicted octanol–water partition coefficient (Wildman–Crippen LogP) is 4.94. The summed E-state index contributed by atoms with van der Waals surface area (Å²) in [5, 5.41) is 0.858. The molecule has 2 aromatic carbocycles. The maximum Gasteiger partial charge on any atom is 0.449 e. The number of carbonyl (C=O) groups is 1. The van der Waals surface area contributed by atoms with E-state index in [1.165, 1.54) is 28.4 Å². The average Bonchev–Trinajstić information content (AvgIpc) is 3.70. The van der Waals surface area contributed by atoms with Gasteiger partial charge in [-0.1, -0.05) is 36.8 Å². The molecule has 15 heteroatoms. The number of aromatic nitrogens is 5. The number of carbonyl (C=O) groups excluding carboxylic acids is 1. The highest BCUT2D eigenvalue weighted by Crippen LogP contribution is 2.39. The van der Waals surface area contributed by atoms with Crippen LogP contribution in [0.2, 0.25) is 0 Å². The summed E-state index contributed by atoms with van der Waals surface area (Å²) in [6.45, 7) is -0.717. The Morgan fingerprint density at radius 3 is 2.51 bits per heavy atom. The molecule has 47 heavy (non-hydrogen) atoms. The maximum absolute atomic E-state index is 14.1. The largest absolute Gasteiger partial charge is 0.757 e. The molecule has 2 fully saturated rings. The van der Waals surface area contributed by atoms with Crippen molar-refractivity contribution in [2.24, 2.45) is 0 Å². The molecule has 0 bridgehead atoms. The lowest BCUT2D eigenvalue weighted by Gasteiger charge is -2.65. The third kappa shape index (κ3) is 5.65. The lowest BCUT2D eigenvalue weighted by molar-refractivity contribution is -0.148. The topological polar surface area (TPSA) is 132 Å². The van der Waals surface area contributed by atoms with E-state index < -0.39 is 40.0 Å². The number of H-pyrrole nitrogens is 1. The smallest absolute Gasteiger partial charge is 0.449 e. The molecule has 1 amide bonds. The van der Waals surface area contributed by atoms with Gasteiger partial charge in [-0.15, -0.1) is 0 Å². The summed E-state index contributed by atoms with van der Waals surface area (Å²) in [7, 11) is -2.94. The number of pyridine rings is 1. The maximum atomic E-state index is 14.1. The third-order valence-electron chi connectivity index (χ3n) is 9.12. The van der Waals surface area contributed by atoms with Crippen LogP contribution in [0.3, 0.4) is 0 Å². The predicted molar refractivity (Wildman–Crippen MR) is 169 cm³/mol. The molecule has 0 spiro atoms. The van der Waals surface area contributed by atoms with Gasteiger partial charge in [0.05, 0.1) is 41.1 Å². The number of benzene rings is 2. The minimum Gasteiger partial charge on any atom is -0.757 e. The first-order valence-corrected chi connectivity index (χ1v) is 17.6. The number of halogens is 3. The van der Waals surface area contributed by atoms with Gasteiger partial charge in [0, 0.05) is 36.5 Å². The number of nitrogens with one attached hydrogen (secondary N) is 1. The number of ether oxygens (including phenoxy) is 1. The van der Waals surface area contributed by atoms with E-state index >= 15 is 0 Å². The SMILES string of the molecule is COc1nc2ccccc2cc1-c1cnc([C@@H]2CN(S3(=O)([O-])CCCCC3)CCN2C(=O)Cn2c(C(F)(F)F)nc3ccccc32)[nH]1. The molecular weight excluding hydrogens is 635 g/mol. The Kier molecular flexibility index (Phi) is 7.60. The fourth-order valence-electron chi connectivity index (χ4n) is 6.74. The lowest BCUT2D eigenvalue weighted by Crippen LogP contribution is -2.63. The lowest BCUT2D eigenvalue weighted by atomic mass is 10.1. The van der Waals surface area contributed by atoms with Crippen molar-refractivity contribution in [3.05, 3.63) is 72.4 Å². The third-order valence-corrected chi connectivity index (χ3v) is 12.8. The number of rotatable bonds is 6. The number of sulfone groups is 1. The first kappa shape index (κ1) is 31.3. The summed E-state index contributed by atoms with van der Waals surface area (Å²) >= 11 is 0. The monoisotopic (exact) mass is 668 g/mol. The molecule has 11 nitrogen and oxygen atoms in total. The number of para-hydroxylation sites is 3. The molecule has 5 aromatic rings. The molecule has 2 aliphatic rings. The molecule has 0 aliphatic carbocycles. The Balaban J connectivity index is 1.27. The highest BCUT2D eigenvalue weighted by molar-refractivity contribution is 8.13. The number of fused-ring (bicyclic) bond motifs is 2. The Labute approximate surface area is 268 Å². The van der Waals surface area contributed by atoms with Crippen LogP contribution < -0.4 is 4.74 Å². The molecule has 1 atom stereocenters. The number of hydrogen-bond acceptors (Lipinski definition) is 7. The van der Waals surface area contributed by atoms with E-state index in [2.05, 4.69) is 19.9 Å². The van der Waals surface area contributed by atoms with Gasteiger partial charge in [0.15, 0.2) is 0 Å². The van der Waals surface area contributed by atoms with Crippen LogP contribution in [-0.2, 0) is 27.0 Å². The van der Waals surface area contributed by atoms with E-state index in [1.54, 1.807) is 18.3 Å². The van der Waals surface area contributed by atoms with Crippen LogP contribution in [0.25, 0.3) is 33.2 Å². The average molecular weight is 669 g/mol. The zero-order valence-corrected chi connectivity index (χ0v) is 26.4. The molecule has 5 heterocycles. The summed E-state index contributed by atoms with van der Waals surface area (Å²) in [6.07, 6.45) is -1.32. The first-order valence-electron chi connectivity index (χ1n) is 15.4. The molecule has 248 valence electrons. The molecule has 3 aromatic heterocycles. The molecule has 0 unspecified atom stereocenters. The number of imidazole rings is 2. The van der Waals surface area contributed by atoms with Crippen molar-refractivity contribution >= 4 is 37.4 Å². The fourth-order valence-corrected chi connectivity index (χ4v) is 9.97. The van der Waals surface area contributed by atoms with Gasteiger partial charge in [0.2, 0.25) is 17.6 Å². The Morgan fingerprint density at radius 2 is 1.77 bits per heavy atom. The van der Waals surface area contributed by atoms with Crippen LogP contribution in [-0.4, -0.2) is 86.6 Å². The van der Waals surface area contributed by atoms with Crippen molar-refractivity contribution in [1.82, 2.24) is 33.7 Å². The zero-order valence-electron chi connectivity index (χ0n) is 25.6. The second kappa shape index (κ2) is 11.4. The van der Waals surface area contributed by atoms with E-state index in [0.717, 1.165) is 21.9 Å². The Hall–Kier alpha value is -4.34. The Morgan fingerprint density at radius 1 is 1.04 bits per heavy atom. The van der Waals surface area contributed by atoms with Crippen molar-refractivity contribution < 1.29 is 31.5 Å². The van der Waals surface area contributed by atoms with Gasteiger partial charge in [-0.2, -0.15) is 13.2 Å². The highest BCUT2D eigenvalue weighted by Gasteiger charge is 2.42. The first-order chi connectivity index (χ1) is 22.4. The minimum atomic E-state index is -4.80. The fraction of sp³-hybridized carbons (Fsp3) is 0.375. The van der Waals surface area contributed by atoms with Crippen molar-refractivity contribution in [1.29, 1.82) is 0 Å². The second-order valence-corrected chi connectivity index (χ2v) is 15.7. The van der Waals surface area contributed by atoms with Crippen LogP contribution in [0.4, 0.5) is 13.2 Å². The van der Waals surface area contributed by atoms with Crippen LogP contribution in [0.15, 0.2) is 60.8 Å². The minimum absolute atomic E-state index is 0.0227. The summed E-state index contributed by atoms with van der Waals surface area (Å²) in [5.74, 6) is -1.11. The number of hydrogen-bond donors (Lipinski definition) is 1. The van der Waals surface area contributed by atoms with Gasteiger partial charge in [0.1, 0.15) is 18.4 Å². The van der Waals surface area contributed by atoms with E-state index in [9.17, 15) is 26.7 Å². The van der Waals surface area contributed by atoms with Gasteiger partial charge in [-0.25, -0.2) is 23.5 Å². The van der Waals surface area contributed by atoms with Crippen molar-refractivity contribution in [2.45, 2.75) is 38.0 Å². The molecule has 1 N–H and O–H groups in total. The number of methoxy groups -OCH3 is 1. The summed E-state index contributed by atoms with van der Waals surface area (Å²) < 4.78 is 78.3. The van der Waals surface area contributed by atoms with Gasteiger partial charge in [-0.05, 0) is 37.1 Å². The van der Waals surface area contributed by atoms with E-state index in [1.807, 2.05) is 30.3 Å².